The predicted octanol–water partition coefficient (Wildman–Crippen LogP) is 4.52. The second-order valence-electron chi connectivity index (χ2n) is 6.68. The summed E-state index contributed by atoms with van der Waals surface area (Å²) in [5.41, 5.74) is 2.91. The summed E-state index contributed by atoms with van der Waals surface area (Å²) in [6.45, 7) is 2.01. The fourth-order valence-electron chi connectivity index (χ4n) is 2.91. The molecule has 1 aliphatic rings. The molecule has 1 unspecified atom stereocenters. The molecule has 0 saturated heterocycles. The van der Waals surface area contributed by atoms with E-state index in [0.29, 0.717) is 5.92 Å². The molecule has 25 heavy (non-hydrogen) atoms. The molecule has 1 fully saturated rings. The van der Waals surface area contributed by atoms with E-state index in [1.54, 1.807) is 11.3 Å². The molecule has 2 aromatic heterocycles. The SMILES string of the molecule is CC(NC(=O)c1sc(C2CC2)nc1-c1ccccc1)c1ccn(C)c1. The third-order valence-electron chi connectivity index (χ3n) is 4.53. The lowest BCUT2D eigenvalue weighted by Gasteiger charge is -2.12. The molecule has 4 nitrogen and oxygen atoms in total. The van der Waals surface area contributed by atoms with E-state index in [2.05, 4.69) is 5.32 Å². The van der Waals surface area contributed by atoms with Crippen molar-refractivity contribution in [1.82, 2.24) is 14.9 Å². The Morgan fingerprint density at radius 3 is 2.68 bits per heavy atom. The van der Waals surface area contributed by atoms with Crippen LogP contribution in [0.1, 0.15) is 52.0 Å². The lowest BCUT2D eigenvalue weighted by Crippen LogP contribution is -2.26. The van der Waals surface area contributed by atoms with Gasteiger partial charge in [0, 0.05) is 30.9 Å². The Kier molecular flexibility index (Phi) is 4.17. The molecule has 1 amide bonds. The first-order valence-corrected chi connectivity index (χ1v) is 9.42. The van der Waals surface area contributed by atoms with E-state index in [1.165, 1.54) is 12.8 Å². The van der Waals surface area contributed by atoms with Gasteiger partial charge in [0.15, 0.2) is 0 Å². The molecule has 1 aliphatic carbocycles. The quantitative estimate of drug-likeness (QED) is 0.735. The van der Waals surface area contributed by atoms with Crippen LogP contribution in [0, 0.1) is 0 Å². The van der Waals surface area contributed by atoms with Gasteiger partial charge in [-0.3, -0.25) is 4.79 Å². The standard InChI is InChI=1S/C20H21N3OS/c1-13(16-10-11-23(2)12-16)21-19(24)18-17(14-6-4-3-5-7-14)22-20(25-18)15-8-9-15/h3-7,10-13,15H,8-9H2,1-2H3,(H,21,24). The molecule has 0 radical (unpaired) electrons. The molecule has 5 heteroatoms. The molecule has 1 atom stereocenters. The summed E-state index contributed by atoms with van der Waals surface area (Å²) >= 11 is 1.55. The fourth-order valence-corrected chi connectivity index (χ4v) is 4.07. The van der Waals surface area contributed by atoms with Gasteiger partial charge in [0.25, 0.3) is 5.91 Å². The number of carbonyl (C=O) groups excluding carboxylic acids is 1. The lowest BCUT2D eigenvalue weighted by atomic mass is 10.1. The second kappa shape index (κ2) is 6.48. The predicted molar refractivity (Wildman–Crippen MR) is 101 cm³/mol. The van der Waals surface area contributed by atoms with E-state index in [4.69, 9.17) is 4.98 Å². The van der Waals surface area contributed by atoms with Crippen LogP contribution in [-0.4, -0.2) is 15.5 Å². The Morgan fingerprint density at radius 1 is 1.28 bits per heavy atom. The maximum Gasteiger partial charge on any atom is 0.264 e. The van der Waals surface area contributed by atoms with E-state index in [0.717, 1.165) is 26.7 Å². The first-order valence-electron chi connectivity index (χ1n) is 8.60. The molecule has 1 aromatic carbocycles. The Bertz CT molecular complexity index is 893. The smallest absolute Gasteiger partial charge is 0.264 e. The second-order valence-corrected chi connectivity index (χ2v) is 7.71. The van der Waals surface area contributed by atoms with Crippen molar-refractivity contribution < 1.29 is 4.79 Å². The van der Waals surface area contributed by atoms with Crippen LogP contribution in [-0.2, 0) is 7.05 Å². The minimum Gasteiger partial charge on any atom is -0.357 e. The first kappa shape index (κ1) is 16.1. The van der Waals surface area contributed by atoms with E-state index >= 15 is 0 Å². The lowest BCUT2D eigenvalue weighted by molar-refractivity contribution is 0.0944. The summed E-state index contributed by atoms with van der Waals surface area (Å²) in [5, 5.41) is 4.22. The number of hydrogen-bond donors (Lipinski definition) is 1. The van der Waals surface area contributed by atoms with E-state index in [9.17, 15) is 4.79 Å². The highest BCUT2D eigenvalue weighted by Gasteiger charge is 2.30. The number of aryl methyl sites for hydroxylation is 1. The van der Waals surface area contributed by atoms with Crippen molar-refractivity contribution in [2.24, 2.45) is 7.05 Å². The van der Waals surface area contributed by atoms with Crippen molar-refractivity contribution >= 4 is 17.2 Å². The molecule has 1 N–H and O–H groups in total. The maximum atomic E-state index is 12.9. The molecule has 2 heterocycles. The number of thiazole rings is 1. The maximum absolute atomic E-state index is 12.9. The van der Waals surface area contributed by atoms with Crippen LogP contribution >= 0.6 is 11.3 Å². The Labute approximate surface area is 151 Å². The molecular weight excluding hydrogens is 330 g/mol. The summed E-state index contributed by atoms with van der Waals surface area (Å²) in [5.74, 6) is 0.500. The van der Waals surface area contributed by atoms with Gasteiger partial charge >= 0.3 is 0 Å². The topological polar surface area (TPSA) is 46.9 Å². The number of benzene rings is 1. The van der Waals surface area contributed by atoms with Crippen LogP contribution in [0.2, 0.25) is 0 Å². The summed E-state index contributed by atoms with van der Waals surface area (Å²) in [4.78, 5) is 18.5. The van der Waals surface area contributed by atoms with Crippen LogP contribution in [0.15, 0.2) is 48.8 Å². The van der Waals surface area contributed by atoms with Crippen molar-refractivity contribution in [3.63, 3.8) is 0 Å². The Hall–Kier alpha value is -2.40. The number of hydrogen-bond acceptors (Lipinski definition) is 3. The van der Waals surface area contributed by atoms with Gasteiger partial charge in [0.1, 0.15) is 4.88 Å². The van der Waals surface area contributed by atoms with Crippen molar-refractivity contribution in [3.8, 4) is 11.3 Å². The number of amides is 1. The minimum absolute atomic E-state index is 0.0381. The number of nitrogens with one attached hydrogen (secondary N) is 1. The summed E-state index contributed by atoms with van der Waals surface area (Å²) < 4.78 is 1.99. The van der Waals surface area contributed by atoms with Gasteiger partial charge in [0.05, 0.1) is 16.7 Å². The highest BCUT2D eigenvalue weighted by Crippen LogP contribution is 2.44. The molecular formula is C20H21N3OS. The van der Waals surface area contributed by atoms with Crippen LogP contribution in [0.3, 0.4) is 0 Å². The molecule has 4 rings (SSSR count). The fraction of sp³-hybridized carbons (Fsp3) is 0.300. The van der Waals surface area contributed by atoms with Gasteiger partial charge in [-0.1, -0.05) is 30.3 Å². The number of carbonyl (C=O) groups is 1. The number of rotatable bonds is 5. The average molecular weight is 351 g/mol. The third-order valence-corrected chi connectivity index (χ3v) is 5.74. The molecule has 0 aliphatic heterocycles. The summed E-state index contributed by atoms with van der Waals surface area (Å²) in [6.07, 6.45) is 6.39. The van der Waals surface area contributed by atoms with Gasteiger partial charge in [0.2, 0.25) is 0 Å². The zero-order chi connectivity index (χ0) is 17.4. The molecule has 0 spiro atoms. The molecule has 1 saturated carbocycles. The molecule has 3 aromatic rings. The Morgan fingerprint density at radius 2 is 2.04 bits per heavy atom. The van der Waals surface area contributed by atoms with E-state index in [-0.39, 0.29) is 11.9 Å². The average Bonchev–Trinajstić information content (AvgIpc) is 3.21. The molecule has 128 valence electrons. The van der Waals surface area contributed by atoms with Crippen molar-refractivity contribution in [2.45, 2.75) is 31.7 Å². The number of aromatic nitrogens is 2. The Balaban J connectivity index is 1.63. The summed E-state index contributed by atoms with van der Waals surface area (Å²) in [6, 6.07) is 12.0. The monoisotopic (exact) mass is 351 g/mol. The van der Waals surface area contributed by atoms with Gasteiger partial charge in [-0.15, -0.1) is 11.3 Å². The van der Waals surface area contributed by atoms with Gasteiger partial charge in [-0.2, -0.15) is 0 Å². The van der Waals surface area contributed by atoms with Crippen molar-refractivity contribution in [3.05, 3.63) is 64.2 Å². The van der Waals surface area contributed by atoms with E-state index in [1.807, 2.05) is 67.3 Å². The van der Waals surface area contributed by atoms with Crippen molar-refractivity contribution in [1.29, 1.82) is 0 Å². The van der Waals surface area contributed by atoms with Gasteiger partial charge in [-0.25, -0.2) is 4.98 Å². The van der Waals surface area contributed by atoms with Crippen LogP contribution in [0.5, 0.6) is 0 Å². The zero-order valence-electron chi connectivity index (χ0n) is 14.4. The number of nitrogens with zero attached hydrogens (tertiary/aromatic N) is 2. The zero-order valence-corrected chi connectivity index (χ0v) is 15.2. The van der Waals surface area contributed by atoms with E-state index < -0.39 is 0 Å². The normalized spacial score (nSPS) is 15.1. The highest BCUT2D eigenvalue weighted by atomic mass is 32.1. The van der Waals surface area contributed by atoms with Gasteiger partial charge in [-0.05, 0) is 31.4 Å². The first-order chi connectivity index (χ1) is 12.1. The largest absolute Gasteiger partial charge is 0.357 e. The van der Waals surface area contributed by atoms with Crippen LogP contribution < -0.4 is 5.32 Å². The van der Waals surface area contributed by atoms with Crippen molar-refractivity contribution in [2.75, 3.05) is 0 Å². The molecule has 0 bridgehead atoms. The minimum atomic E-state index is -0.0420. The van der Waals surface area contributed by atoms with Gasteiger partial charge < -0.3 is 9.88 Å². The highest BCUT2D eigenvalue weighted by molar-refractivity contribution is 7.14. The van der Waals surface area contributed by atoms with Crippen LogP contribution in [0.4, 0.5) is 0 Å². The summed E-state index contributed by atoms with van der Waals surface area (Å²) in [7, 11) is 1.98. The van der Waals surface area contributed by atoms with Crippen LogP contribution in [0.25, 0.3) is 11.3 Å². The third kappa shape index (κ3) is 3.37.